The van der Waals surface area contributed by atoms with E-state index in [0.717, 1.165) is 17.4 Å². The minimum atomic E-state index is 0.237. The number of nitrogens with zero attached hydrogens (tertiary/aromatic N) is 1. The predicted molar refractivity (Wildman–Crippen MR) is 78.5 cm³/mol. The van der Waals surface area contributed by atoms with Crippen molar-refractivity contribution in [3.63, 3.8) is 0 Å². The molecule has 0 fully saturated rings. The summed E-state index contributed by atoms with van der Waals surface area (Å²) in [4.78, 5) is 4.08. The first-order valence-electron chi connectivity index (χ1n) is 6.20. The number of pyridine rings is 1. The number of nitrogens with one attached hydrogen (secondary N) is 1. The van der Waals surface area contributed by atoms with Gasteiger partial charge in [0.1, 0.15) is 0 Å². The van der Waals surface area contributed by atoms with E-state index in [2.05, 4.69) is 69.6 Å². The Bertz CT molecular complexity index is 468. The van der Waals surface area contributed by atoms with Gasteiger partial charge in [-0.3, -0.25) is 4.98 Å². The summed E-state index contributed by atoms with van der Waals surface area (Å²) in [6.07, 6.45) is 4.81. The van der Waals surface area contributed by atoms with Gasteiger partial charge in [-0.15, -0.1) is 0 Å². The van der Waals surface area contributed by atoms with Crippen LogP contribution in [0.15, 0.2) is 53.3 Å². The fraction of sp³-hybridized carbons (Fsp3) is 0.267. The van der Waals surface area contributed by atoms with Crippen molar-refractivity contribution in [2.45, 2.75) is 19.4 Å². The Morgan fingerprint density at radius 3 is 2.28 bits per heavy atom. The number of hydrogen-bond donors (Lipinski definition) is 1. The number of aromatic nitrogens is 1. The summed E-state index contributed by atoms with van der Waals surface area (Å²) in [7, 11) is 0. The second-order valence-electron chi connectivity index (χ2n) is 4.22. The molecule has 1 aromatic heterocycles. The first kappa shape index (κ1) is 13.2. The molecule has 94 valence electrons. The van der Waals surface area contributed by atoms with Crippen molar-refractivity contribution < 1.29 is 0 Å². The van der Waals surface area contributed by atoms with E-state index in [9.17, 15) is 0 Å². The Kier molecular flexibility index (Phi) is 4.90. The normalized spacial score (nSPS) is 12.3. The standard InChI is InChI=1S/C15H17BrN2/c1-2-9-18-15(13-7-10-17-11-8-13)12-3-5-14(16)6-4-12/h3-8,10-11,15,18H,2,9H2,1H3. The average Bonchev–Trinajstić information content (AvgIpc) is 2.42. The van der Waals surface area contributed by atoms with Gasteiger partial charge in [-0.05, 0) is 48.4 Å². The highest BCUT2D eigenvalue weighted by molar-refractivity contribution is 9.10. The maximum absolute atomic E-state index is 4.08. The van der Waals surface area contributed by atoms with Crippen LogP contribution in [0.1, 0.15) is 30.5 Å². The molecule has 0 aliphatic rings. The van der Waals surface area contributed by atoms with Gasteiger partial charge in [0.2, 0.25) is 0 Å². The van der Waals surface area contributed by atoms with E-state index in [-0.39, 0.29) is 6.04 Å². The second kappa shape index (κ2) is 6.66. The van der Waals surface area contributed by atoms with Gasteiger partial charge in [-0.2, -0.15) is 0 Å². The fourth-order valence-corrected chi connectivity index (χ4v) is 2.19. The van der Waals surface area contributed by atoms with Crippen LogP contribution >= 0.6 is 15.9 Å². The topological polar surface area (TPSA) is 24.9 Å². The molecular weight excluding hydrogens is 288 g/mol. The van der Waals surface area contributed by atoms with Crippen LogP contribution in [0.5, 0.6) is 0 Å². The van der Waals surface area contributed by atoms with Crippen LogP contribution in [-0.4, -0.2) is 11.5 Å². The third-order valence-electron chi connectivity index (χ3n) is 2.84. The fourth-order valence-electron chi connectivity index (χ4n) is 1.93. The first-order valence-corrected chi connectivity index (χ1v) is 6.99. The van der Waals surface area contributed by atoms with Gasteiger partial charge >= 0.3 is 0 Å². The van der Waals surface area contributed by atoms with Crippen molar-refractivity contribution in [1.82, 2.24) is 10.3 Å². The van der Waals surface area contributed by atoms with Crippen molar-refractivity contribution >= 4 is 15.9 Å². The van der Waals surface area contributed by atoms with E-state index in [1.54, 1.807) is 0 Å². The number of hydrogen-bond acceptors (Lipinski definition) is 2. The quantitative estimate of drug-likeness (QED) is 0.905. The molecule has 0 spiro atoms. The lowest BCUT2D eigenvalue weighted by atomic mass is 10.00. The van der Waals surface area contributed by atoms with Crippen LogP contribution in [0.3, 0.4) is 0 Å². The summed E-state index contributed by atoms with van der Waals surface area (Å²) in [6.45, 7) is 3.18. The highest BCUT2D eigenvalue weighted by atomic mass is 79.9. The van der Waals surface area contributed by atoms with E-state index in [1.165, 1.54) is 11.1 Å². The average molecular weight is 305 g/mol. The highest BCUT2D eigenvalue weighted by Crippen LogP contribution is 2.23. The molecule has 3 heteroatoms. The molecule has 1 aromatic carbocycles. The van der Waals surface area contributed by atoms with E-state index < -0.39 is 0 Å². The van der Waals surface area contributed by atoms with Crippen LogP contribution in [0.2, 0.25) is 0 Å². The molecule has 2 aromatic rings. The van der Waals surface area contributed by atoms with Gasteiger partial charge in [0.15, 0.2) is 0 Å². The lowest BCUT2D eigenvalue weighted by Gasteiger charge is -2.19. The van der Waals surface area contributed by atoms with Crippen LogP contribution in [-0.2, 0) is 0 Å². The van der Waals surface area contributed by atoms with E-state index in [1.807, 2.05) is 12.4 Å². The molecule has 18 heavy (non-hydrogen) atoms. The first-order chi connectivity index (χ1) is 8.81. The van der Waals surface area contributed by atoms with Crippen LogP contribution in [0.4, 0.5) is 0 Å². The highest BCUT2D eigenvalue weighted by Gasteiger charge is 2.12. The predicted octanol–water partition coefficient (Wildman–Crippen LogP) is 3.93. The number of benzene rings is 1. The summed E-state index contributed by atoms with van der Waals surface area (Å²) in [6, 6.07) is 12.8. The zero-order valence-electron chi connectivity index (χ0n) is 10.4. The molecule has 0 bridgehead atoms. The van der Waals surface area contributed by atoms with Crippen LogP contribution in [0, 0.1) is 0 Å². The van der Waals surface area contributed by atoms with Crippen LogP contribution < -0.4 is 5.32 Å². The minimum absolute atomic E-state index is 0.237. The molecule has 0 saturated heterocycles. The minimum Gasteiger partial charge on any atom is -0.306 e. The molecule has 1 N–H and O–H groups in total. The molecule has 0 radical (unpaired) electrons. The van der Waals surface area contributed by atoms with E-state index in [4.69, 9.17) is 0 Å². The van der Waals surface area contributed by atoms with Gasteiger partial charge < -0.3 is 5.32 Å². The summed E-state index contributed by atoms with van der Waals surface area (Å²) in [5.41, 5.74) is 2.53. The molecular formula is C15H17BrN2. The summed E-state index contributed by atoms with van der Waals surface area (Å²) in [5, 5.41) is 3.58. The van der Waals surface area contributed by atoms with Crippen molar-refractivity contribution in [1.29, 1.82) is 0 Å². The number of rotatable bonds is 5. The molecule has 0 saturated carbocycles. The Labute approximate surface area is 117 Å². The van der Waals surface area contributed by atoms with Crippen molar-refractivity contribution in [3.05, 3.63) is 64.4 Å². The maximum atomic E-state index is 4.08. The monoisotopic (exact) mass is 304 g/mol. The Balaban J connectivity index is 2.27. The van der Waals surface area contributed by atoms with Gasteiger partial charge in [-0.1, -0.05) is 35.0 Å². The lowest BCUT2D eigenvalue weighted by molar-refractivity contribution is 0.598. The summed E-state index contributed by atoms with van der Waals surface area (Å²) < 4.78 is 1.11. The van der Waals surface area contributed by atoms with Gasteiger partial charge in [-0.25, -0.2) is 0 Å². The van der Waals surface area contributed by atoms with Crippen molar-refractivity contribution in [3.8, 4) is 0 Å². The molecule has 0 amide bonds. The molecule has 0 aliphatic heterocycles. The van der Waals surface area contributed by atoms with Gasteiger partial charge in [0.25, 0.3) is 0 Å². The number of halogens is 1. The molecule has 2 nitrogen and oxygen atoms in total. The SMILES string of the molecule is CCCNC(c1ccncc1)c1ccc(Br)cc1. The van der Waals surface area contributed by atoms with Crippen molar-refractivity contribution in [2.75, 3.05) is 6.54 Å². The summed E-state index contributed by atoms with van der Waals surface area (Å²) in [5.74, 6) is 0. The summed E-state index contributed by atoms with van der Waals surface area (Å²) >= 11 is 3.47. The Hall–Kier alpha value is -1.19. The zero-order valence-corrected chi connectivity index (χ0v) is 12.0. The third kappa shape index (κ3) is 3.40. The Morgan fingerprint density at radius 1 is 1.06 bits per heavy atom. The molecule has 2 rings (SSSR count). The van der Waals surface area contributed by atoms with Crippen LogP contribution in [0.25, 0.3) is 0 Å². The second-order valence-corrected chi connectivity index (χ2v) is 5.13. The lowest BCUT2D eigenvalue weighted by Crippen LogP contribution is -2.23. The van der Waals surface area contributed by atoms with Gasteiger partial charge in [0, 0.05) is 16.9 Å². The Morgan fingerprint density at radius 2 is 1.67 bits per heavy atom. The van der Waals surface area contributed by atoms with E-state index >= 15 is 0 Å². The molecule has 1 heterocycles. The third-order valence-corrected chi connectivity index (χ3v) is 3.37. The van der Waals surface area contributed by atoms with Crippen molar-refractivity contribution in [2.24, 2.45) is 0 Å². The molecule has 0 aliphatic carbocycles. The zero-order chi connectivity index (χ0) is 12.8. The smallest absolute Gasteiger partial charge is 0.0577 e. The maximum Gasteiger partial charge on any atom is 0.0577 e. The van der Waals surface area contributed by atoms with Gasteiger partial charge in [0.05, 0.1) is 6.04 Å². The largest absolute Gasteiger partial charge is 0.306 e. The molecule has 1 unspecified atom stereocenters. The van der Waals surface area contributed by atoms with E-state index in [0.29, 0.717) is 0 Å². The molecule has 1 atom stereocenters.